The lowest BCUT2D eigenvalue weighted by Crippen LogP contribution is -2.17. The minimum atomic E-state index is 0.785. The van der Waals surface area contributed by atoms with Gasteiger partial charge in [0, 0.05) is 24.8 Å². The second-order valence-corrected chi connectivity index (χ2v) is 4.59. The minimum absolute atomic E-state index is 0.785. The van der Waals surface area contributed by atoms with Gasteiger partial charge in [-0.2, -0.15) is 0 Å². The molecule has 1 aromatic carbocycles. The average molecular weight is 244 g/mol. The maximum absolute atomic E-state index is 5.55. The van der Waals surface area contributed by atoms with Gasteiger partial charge in [0.1, 0.15) is 5.76 Å². The smallest absolute Gasteiger partial charge is 0.127 e. The molecule has 0 atom stereocenters. The third-order valence-corrected chi connectivity index (χ3v) is 3.06. The quantitative estimate of drug-likeness (QED) is 0.876. The van der Waals surface area contributed by atoms with E-state index in [1.54, 1.807) is 6.26 Å². The van der Waals surface area contributed by atoms with Crippen molar-refractivity contribution in [2.24, 2.45) is 0 Å². The van der Waals surface area contributed by atoms with Crippen LogP contribution in [0.25, 0.3) is 0 Å². The van der Waals surface area contributed by atoms with Crippen molar-refractivity contribution in [1.82, 2.24) is 5.32 Å². The summed E-state index contributed by atoms with van der Waals surface area (Å²) in [7, 11) is 4.02. The fourth-order valence-corrected chi connectivity index (χ4v) is 1.96. The Kier molecular flexibility index (Phi) is 4.05. The van der Waals surface area contributed by atoms with Crippen LogP contribution in [0.1, 0.15) is 16.9 Å². The van der Waals surface area contributed by atoms with Crippen LogP contribution in [0.15, 0.2) is 41.0 Å². The molecule has 0 unspecified atom stereocenters. The molecule has 0 saturated carbocycles. The zero-order valence-corrected chi connectivity index (χ0v) is 11.2. The highest BCUT2D eigenvalue weighted by atomic mass is 16.3. The van der Waals surface area contributed by atoms with Gasteiger partial charge < -0.3 is 14.6 Å². The molecule has 3 nitrogen and oxygen atoms in total. The van der Waals surface area contributed by atoms with Crippen molar-refractivity contribution in [3.63, 3.8) is 0 Å². The van der Waals surface area contributed by atoms with Gasteiger partial charge in [-0.1, -0.05) is 17.7 Å². The summed E-state index contributed by atoms with van der Waals surface area (Å²) >= 11 is 0. The molecule has 1 N–H and O–H groups in total. The minimum Gasteiger partial charge on any atom is -0.467 e. The predicted octanol–water partition coefficient (Wildman–Crippen LogP) is 2.94. The molecule has 0 spiro atoms. The zero-order chi connectivity index (χ0) is 13.0. The Balaban J connectivity index is 2.08. The molecule has 0 aliphatic carbocycles. The third-order valence-electron chi connectivity index (χ3n) is 3.06. The molecule has 0 amide bonds. The van der Waals surface area contributed by atoms with Gasteiger partial charge in [0.15, 0.2) is 0 Å². The summed E-state index contributed by atoms with van der Waals surface area (Å²) in [6.07, 6.45) is 1.75. The first-order valence-corrected chi connectivity index (χ1v) is 6.18. The van der Waals surface area contributed by atoms with Gasteiger partial charge in [0.25, 0.3) is 0 Å². The van der Waals surface area contributed by atoms with Crippen molar-refractivity contribution in [2.45, 2.75) is 20.0 Å². The number of nitrogens with zero attached hydrogens (tertiary/aromatic N) is 1. The molecule has 0 radical (unpaired) electrons. The monoisotopic (exact) mass is 244 g/mol. The van der Waals surface area contributed by atoms with E-state index < -0.39 is 0 Å². The summed E-state index contributed by atoms with van der Waals surface area (Å²) in [5.41, 5.74) is 3.70. The van der Waals surface area contributed by atoms with Crippen molar-refractivity contribution in [3.05, 3.63) is 53.5 Å². The van der Waals surface area contributed by atoms with Gasteiger partial charge in [0.2, 0.25) is 0 Å². The standard InChI is InChI=1S/C15H20N2O/c1-12-4-6-14(7-5-12)17(3)11-15-13(10-16-2)8-9-18-15/h4-9,16H,10-11H2,1-3H3. The summed E-state index contributed by atoms with van der Waals surface area (Å²) < 4.78 is 5.55. The van der Waals surface area contributed by atoms with E-state index >= 15 is 0 Å². The number of anilines is 1. The molecule has 1 aromatic heterocycles. The number of rotatable bonds is 5. The van der Waals surface area contributed by atoms with E-state index in [-0.39, 0.29) is 0 Å². The molecular weight excluding hydrogens is 224 g/mol. The highest BCUT2D eigenvalue weighted by Gasteiger charge is 2.09. The number of nitrogens with one attached hydrogen (secondary N) is 1. The lowest BCUT2D eigenvalue weighted by atomic mass is 10.2. The summed E-state index contributed by atoms with van der Waals surface area (Å²) in [5, 5.41) is 3.15. The Hall–Kier alpha value is -1.74. The van der Waals surface area contributed by atoms with E-state index in [9.17, 15) is 0 Å². The molecule has 3 heteroatoms. The summed E-state index contributed by atoms with van der Waals surface area (Å²) in [4.78, 5) is 2.19. The van der Waals surface area contributed by atoms with E-state index in [0.29, 0.717) is 0 Å². The average Bonchev–Trinajstić information content (AvgIpc) is 2.78. The summed E-state index contributed by atoms with van der Waals surface area (Å²) in [5.74, 6) is 1.02. The van der Waals surface area contributed by atoms with Crippen molar-refractivity contribution < 1.29 is 4.42 Å². The molecule has 96 valence electrons. The lowest BCUT2D eigenvalue weighted by Gasteiger charge is -2.18. The Morgan fingerprint density at radius 1 is 1.17 bits per heavy atom. The summed E-state index contributed by atoms with van der Waals surface area (Å²) in [6, 6.07) is 10.5. The Morgan fingerprint density at radius 3 is 2.56 bits per heavy atom. The van der Waals surface area contributed by atoms with Crippen LogP contribution in [0.2, 0.25) is 0 Å². The Morgan fingerprint density at radius 2 is 1.89 bits per heavy atom. The fraction of sp³-hybridized carbons (Fsp3) is 0.333. The van der Waals surface area contributed by atoms with Crippen LogP contribution >= 0.6 is 0 Å². The maximum Gasteiger partial charge on any atom is 0.127 e. The normalized spacial score (nSPS) is 10.6. The first kappa shape index (κ1) is 12.7. The SMILES string of the molecule is CNCc1ccoc1CN(C)c1ccc(C)cc1. The number of hydrogen-bond donors (Lipinski definition) is 1. The topological polar surface area (TPSA) is 28.4 Å². The largest absolute Gasteiger partial charge is 0.467 e. The van der Waals surface area contributed by atoms with Crippen LogP contribution in [-0.2, 0) is 13.1 Å². The summed E-state index contributed by atoms with van der Waals surface area (Å²) in [6.45, 7) is 3.72. The van der Waals surface area contributed by atoms with Crippen LogP contribution in [0.4, 0.5) is 5.69 Å². The van der Waals surface area contributed by atoms with Crippen LogP contribution in [0, 0.1) is 6.92 Å². The van der Waals surface area contributed by atoms with E-state index in [4.69, 9.17) is 4.42 Å². The van der Waals surface area contributed by atoms with Gasteiger partial charge >= 0.3 is 0 Å². The van der Waals surface area contributed by atoms with Gasteiger partial charge in [0.05, 0.1) is 12.8 Å². The van der Waals surface area contributed by atoms with E-state index in [1.165, 1.54) is 16.8 Å². The second-order valence-electron chi connectivity index (χ2n) is 4.59. The number of aryl methyl sites for hydroxylation is 1. The van der Waals surface area contributed by atoms with E-state index in [1.807, 2.05) is 13.1 Å². The third kappa shape index (κ3) is 2.93. The predicted molar refractivity (Wildman–Crippen MR) is 74.8 cm³/mol. The maximum atomic E-state index is 5.55. The highest BCUT2D eigenvalue weighted by molar-refractivity contribution is 5.47. The van der Waals surface area contributed by atoms with Crippen molar-refractivity contribution in [1.29, 1.82) is 0 Å². The first-order valence-electron chi connectivity index (χ1n) is 6.18. The molecule has 0 bridgehead atoms. The molecule has 0 fully saturated rings. The van der Waals surface area contributed by atoms with Crippen LogP contribution in [0.3, 0.4) is 0 Å². The van der Waals surface area contributed by atoms with Gasteiger partial charge in [-0.25, -0.2) is 0 Å². The Labute approximate surface area is 108 Å². The molecule has 0 aliphatic rings. The number of hydrogen-bond acceptors (Lipinski definition) is 3. The number of furan rings is 1. The fourth-order valence-electron chi connectivity index (χ4n) is 1.96. The van der Waals surface area contributed by atoms with E-state index in [2.05, 4.69) is 48.5 Å². The lowest BCUT2D eigenvalue weighted by molar-refractivity contribution is 0.501. The van der Waals surface area contributed by atoms with E-state index in [0.717, 1.165) is 18.8 Å². The molecule has 1 heterocycles. The molecule has 18 heavy (non-hydrogen) atoms. The van der Waals surface area contributed by atoms with Crippen LogP contribution in [0.5, 0.6) is 0 Å². The second kappa shape index (κ2) is 5.74. The first-order chi connectivity index (χ1) is 8.70. The van der Waals surface area contributed by atoms with Gasteiger partial charge in [-0.05, 0) is 32.2 Å². The highest BCUT2D eigenvalue weighted by Crippen LogP contribution is 2.18. The molecule has 2 rings (SSSR count). The van der Waals surface area contributed by atoms with Gasteiger partial charge in [-0.3, -0.25) is 0 Å². The number of benzene rings is 1. The van der Waals surface area contributed by atoms with Crippen molar-refractivity contribution >= 4 is 5.69 Å². The van der Waals surface area contributed by atoms with Gasteiger partial charge in [-0.15, -0.1) is 0 Å². The molecule has 0 saturated heterocycles. The zero-order valence-electron chi connectivity index (χ0n) is 11.2. The molecule has 2 aromatic rings. The van der Waals surface area contributed by atoms with Crippen LogP contribution in [-0.4, -0.2) is 14.1 Å². The van der Waals surface area contributed by atoms with Crippen molar-refractivity contribution in [3.8, 4) is 0 Å². The Bertz CT molecular complexity index is 487. The van der Waals surface area contributed by atoms with Crippen molar-refractivity contribution in [2.75, 3.05) is 19.0 Å². The molecular formula is C15H20N2O. The van der Waals surface area contributed by atoms with Crippen LogP contribution < -0.4 is 10.2 Å². The molecule has 0 aliphatic heterocycles.